The fourth-order valence-electron chi connectivity index (χ4n) is 2.38. The number of carbonyl (C=O) groups is 1. The standard InChI is InChI=1S/C20H20N2O2/c1-15(2)20(23)24-14-17-13-22(18-11-7-4-8-12-18)21-19(17)16-9-5-3-6-10-16/h3-13,15H,14H2,1-2H3. The van der Waals surface area contributed by atoms with E-state index in [4.69, 9.17) is 9.84 Å². The topological polar surface area (TPSA) is 44.1 Å². The Hall–Kier alpha value is -2.88. The van der Waals surface area contributed by atoms with Crippen molar-refractivity contribution in [2.24, 2.45) is 5.92 Å². The van der Waals surface area contributed by atoms with Crippen LogP contribution in [0.25, 0.3) is 16.9 Å². The fourth-order valence-corrected chi connectivity index (χ4v) is 2.38. The van der Waals surface area contributed by atoms with Gasteiger partial charge in [0, 0.05) is 17.3 Å². The monoisotopic (exact) mass is 320 g/mol. The molecule has 0 amide bonds. The molecule has 3 aromatic rings. The fraction of sp³-hybridized carbons (Fsp3) is 0.200. The van der Waals surface area contributed by atoms with Gasteiger partial charge in [-0.3, -0.25) is 4.79 Å². The maximum absolute atomic E-state index is 11.8. The Kier molecular flexibility index (Phi) is 4.75. The zero-order valence-electron chi connectivity index (χ0n) is 13.8. The molecule has 0 saturated heterocycles. The molecule has 0 atom stereocenters. The summed E-state index contributed by atoms with van der Waals surface area (Å²) in [5, 5.41) is 4.70. The quantitative estimate of drug-likeness (QED) is 0.661. The highest BCUT2D eigenvalue weighted by Crippen LogP contribution is 2.24. The van der Waals surface area contributed by atoms with Crippen LogP contribution in [-0.2, 0) is 16.1 Å². The van der Waals surface area contributed by atoms with E-state index < -0.39 is 0 Å². The maximum atomic E-state index is 11.8. The second kappa shape index (κ2) is 7.13. The van der Waals surface area contributed by atoms with Crippen molar-refractivity contribution in [2.45, 2.75) is 20.5 Å². The van der Waals surface area contributed by atoms with Crippen LogP contribution in [0.15, 0.2) is 66.9 Å². The summed E-state index contributed by atoms with van der Waals surface area (Å²) in [6, 6.07) is 19.8. The molecule has 4 nitrogen and oxygen atoms in total. The third kappa shape index (κ3) is 3.54. The summed E-state index contributed by atoms with van der Waals surface area (Å²) in [5.74, 6) is -0.351. The molecule has 0 saturated carbocycles. The van der Waals surface area contributed by atoms with Crippen LogP contribution in [-0.4, -0.2) is 15.7 Å². The molecule has 4 heteroatoms. The zero-order chi connectivity index (χ0) is 16.9. The minimum absolute atomic E-state index is 0.144. The minimum atomic E-state index is -0.207. The lowest BCUT2D eigenvalue weighted by molar-refractivity contribution is -0.148. The van der Waals surface area contributed by atoms with E-state index in [1.807, 2.05) is 85.4 Å². The highest BCUT2D eigenvalue weighted by atomic mass is 16.5. The van der Waals surface area contributed by atoms with E-state index in [0.29, 0.717) is 0 Å². The normalized spacial score (nSPS) is 10.8. The van der Waals surface area contributed by atoms with Crippen LogP contribution in [0, 0.1) is 5.92 Å². The van der Waals surface area contributed by atoms with Crippen LogP contribution in [0.5, 0.6) is 0 Å². The van der Waals surface area contributed by atoms with E-state index in [1.54, 1.807) is 0 Å². The van der Waals surface area contributed by atoms with Crippen LogP contribution < -0.4 is 0 Å². The first-order valence-corrected chi connectivity index (χ1v) is 8.01. The summed E-state index contributed by atoms with van der Waals surface area (Å²) in [7, 11) is 0. The predicted octanol–water partition coefficient (Wildman–Crippen LogP) is 4.24. The first kappa shape index (κ1) is 16.0. The Morgan fingerprint density at radius 2 is 1.67 bits per heavy atom. The van der Waals surface area contributed by atoms with Crippen molar-refractivity contribution in [3.8, 4) is 16.9 Å². The molecule has 0 unspecified atom stereocenters. The van der Waals surface area contributed by atoms with Crippen LogP contribution in [0.2, 0.25) is 0 Å². The van der Waals surface area contributed by atoms with E-state index in [0.717, 1.165) is 22.5 Å². The molecule has 0 spiro atoms. The Labute approximate surface area is 141 Å². The molecule has 3 rings (SSSR count). The Morgan fingerprint density at radius 3 is 2.29 bits per heavy atom. The molecule has 0 radical (unpaired) electrons. The summed E-state index contributed by atoms with van der Waals surface area (Å²) >= 11 is 0. The van der Waals surface area contributed by atoms with Crippen molar-refractivity contribution in [3.63, 3.8) is 0 Å². The number of carbonyl (C=O) groups excluding carboxylic acids is 1. The number of para-hydroxylation sites is 1. The van der Waals surface area contributed by atoms with Gasteiger partial charge < -0.3 is 4.74 Å². The number of nitrogens with zero attached hydrogens (tertiary/aromatic N) is 2. The first-order valence-electron chi connectivity index (χ1n) is 8.01. The van der Waals surface area contributed by atoms with Crippen LogP contribution in [0.3, 0.4) is 0 Å². The van der Waals surface area contributed by atoms with Gasteiger partial charge in [0.25, 0.3) is 0 Å². The average molecular weight is 320 g/mol. The number of aromatic nitrogens is 2. The molecule has 0 aliphatic carbocycles. The van der Waals surface area contributed by atoms with E-state index in [-0.39, 0.29) is 18.5 Å². The number of benzene rings is 2. The van der Waals surface area contributed by atoms with Crippen molar-refractivity contribution < 1.29 is 9.53 Å². The zero-order valence-corrected chi connectivity index (χ0v) is 13.8. The van der Waals surface area contributed by atoms with Gasteiger partial charge in [0.2, 0.25) is 0 Å². The van der Waals surface area contributed by atoms with Crippen molar-refractivity contribution in [3.05, 3.63) is 72.4 Å². The van der Waals surface area contributed by atoms with Crippen molar-refractivity contribution in [1.29, 1.82) is 0 Å². The SMILES string of the molecule is CC(C)C(=O)OCc1cn(-c2ccccc2)nc1-c1ccccc1. The molecule has 122 valence electrons. The third-order valence-electron chi connectivity index (χ3n) is 3.70. The summed E-state index contributed by atoms with van der Waals surface area (Å²) in [6.07, 6.45) is 1.92. The molecule has 24 heavy (non-hydrogen) atoms. The first-order chi connectivity index (χ1) is 11.6. The number of rotatable bonds is 5. The van der Waals surface area contributed by atoms with Gasteiger partial charge in [0.15, 0.2) is 0 Å². The summed E-state index contributed by atoms with van der Waals surface area (Å²) in [4.78, 5) is 11.8. The summed E-state index contributed by atoms with van der Waals surface area (Å²) < 4.78 is 7.23. The van der Waals surface area contributed by atoms with E-state index in [9.17, 15) is 4.79 Å². The van der Waals surface area contributed by atoms with Gasteiger partial charge in [-0.15, -0.1) is 0 Å². The second-order valence-corrected chi connectivity index (χ2v) is 5.91. The van der Waals surface area contributed by atoms with Gasteiger partial charge in [-0.1, -0.05) is 62.4 Å². The summed E-state index contributed by atoms with van der Waals surface area (Å²) in [6.45, 7) is 3.87. The Morgan fingerprint density at radius 1 is 1.04 bits per heavy atom. The summed E-state index contributed by atoms with van der Waals surface area (Å²) in [5.41, 5.74) is 3.69. The molecular weight excluding hydrogens is 300 g/mol. The minimum Gasteiger partial charge on any atom is -0.460 e. The van der Waals surface area contributed by atoms with Gasteiger partial charge in [-0.05, 0) is 12.1 Å². The maximum Gasteiger partial charge on any atom is 0.308 e. The molecule has 0 N–H and O–H groups in total. The van der Waals surface area contributed by atoms with E-state index in [1.165, 1.54) is 0 Å². The molecule has 0 fully saturated rings. The highest BCUT2D eigenvalue weighted by molar-refractivity contribution is 5.72. The van der Waals surface area contributed by atoms with Gasteiger partial charge >= 0.3 is 5.97 Å². The number of ether oxygens (including phenoxy) is 1. The lowest BCUT2D eigenvalue weighted by Gasteiger charge is -2.07. The van der Waals surface area contributed by atoms with Crippen LogP contribution in [0.4, 0.5) is 0 Å². The Bertz CT molecular complexity index is 808. The highest BCUT2D eigenvalue weighted by Gasteiger charge is 2.15. The van der Waals surface area contributed by atoms with E-state index in [2.05, 4.69) is 0 Å². The number of hydrogen-bond acceptors (Lipinski definition) is 3. The lowest BCUT2D eigenvalue weighted by atomic mass is 10.1. The smallest absolute Gasteiger partial charge is 0.308 e. The molecule has 1 aromatic heterocycles. The third-order valence-corrected chi connectivity index (χ3v) is 3.70. The second-order valence-electron chi connectivity index (χ2n) is 5.91. The predicted molar refractivity (Wildman–Crippen MR) is 93.6 cm³/mol. The largest absolute Gasteiger partial charge is 0.460 e. The number of esters is 1. The van der Waals surface area contributed by atoms with E-state index >= 15 is 0 Å². The van der Waals surface area contributed by atoms with Crippen LogP contribution in [0.1, 0.15) is 19.4 Å². The van der Waals surface area contributed by atoms with Crippen molar-refractivity contribution in [1.82, 2.24) is 9.78 Å². The molecule has 0 aliphatic heterocycles. The molecule has 0 aliphatic rings. The van der Waals surface area contributed by atoms with Gasteiger partial charge in [-0.2, -0.15) is 5.10 Å². The van der Waals surface area contributed by atoms with Gasteiger partial charge in [0.1, 0.15) is 6.61 Å². The molecular formula is C20H20N2O2. The Balaban J connectivity index is 1.96. The molecule has 0 bridgehead atoms. The van der Waals surface area contributed by atoms with Gasteiger partial charge in [0.05, 0.1) is 17.3 Å². The lowest BCUT2D eigenvalue weighted by Crippen LogP contribution is -2.11. The molecule has 2 aromatic carbocycles. The van der Waals surface area contributed by atoms with Crippen LogP contribution >= 0.6 is 0 Å². The molecule has 1 heterocycles. The van der Waals surface area contributed by atoms with Gasteiger partial charge in [-0.25, -0.2) is 4.68 Å². The van der Waals surface area contributed by atoms with Crippen molar-refractivity contribution in [2.75, 3.05) is 0 Å². The number of hydrogen-bond donors (Lipinski definition) is 0. The van der Waals surface area contributed by atoms with Crippen molar-refractivity contribution >= 4 is 5.97 Å². The average Bonchev–Trinajstić information content (AvgIpc) is 3.05.